The van der Waals surface area contributed by atoms with E-state index in [4.69, 9.17) is 20.8 Å². The van der Waals surface area contributed by atoms with E-state index >= 15 is 0 Å². The fourth-order valence-electron chi connectivity index (χ4n) is 2.77. The summed E-state index contributed by atoms with van der Waals surface area (Å²) in [7, 11) is 0. The van der Waals surface area contributed by atoms with Gasteiger partial charge in [0, 0.05) is 11.2 Å². The van der Waals surface area contributed by atoms with Crippen LogP contribution in [0.15, 0.2) is 75.8 Å². The Bertz CT molecular complexity index is 1190. The molecule has 4 rings (SSSR count). The number of nitrogens with one attached hydrogen (secondary N) is 1. The first-order chi connectivity index (χ1) is 15.0. The molecule has 0 bridgehead atoms. The fourth-order valence-corrected chi connectivity index (χ4v) is 3.31. The monoisotopic (exact) mass is 503 g/mol. The number of benzene rings is 2. The standard InChI is InChI=1S/C22H16BrClFN3O3/c23-19-12-28(11-14-1-5-16(25)6-2-14)27-21(19)26-22(29)20-10-9-18(31-20)13-30-17-7-3-15(24)4-8-17/h1-10,12H,11,13H2,(H,26,27,29). The smallest absolute Gasteiger partial charge is 0.292 e. The molecular formula is C22H16BrClFN3O3. The van der Waals surface area contributed by atoms with Crippen LogP contribution in [0.4, 0.5) is 10.2 Å². The first kappa shape index (κ1) is 21.1. The summed E-state index contributed by atoms with van der Waals surface area (Å²) < 4.78 is 26.5. The minimum absolute atomic E-state index is 0.134. The predicted octanol–water partition coefficient (Wildman–Crippen LogP) is 5.91. The van der Waals surface area contributed by atoms with Crippen molar-refractivity contribution >= 4 is 39.3 Å². The lowest BCUT2D eigenvalue weighted by Crippen LogP contribution is -2.12. The van der Waals surface area contributed by atoms with E-state index in [2.05, 4.69) is 26.3 Å². The zero-order valence-corrected chi connectivity index (χ0v) is 18.4. The van der Waals surface area contributed by atoms with Crippen molar-refractivity contribution in [3.05, 3.63) is 99.3 Å². The van der Waals surface area contributed by atoms with Crippen molar-refractivity contribution in [3.63, 3.8) is 0 Å². The molecular weight excluding hydrogens is 489 g/mol. The molecule has 4 aromatic rings. The number of furan rings is 1. The van der Waals surface area contributed by atoms with Crippen molar-refractivity contribution in [3.8, 4) is 5.75 Å². The zero-order chi connectivity index (χ0) is 21.8. The van der Waals surface area contributed by atoms with Crippen LogP contribution in [-0.2, 0) is 13.2 Å². The molecule has 0 atom stereocenters. The highest BCUT2D eigenvalue weighted by Crippen LogP contribution is 2.22. The van der Waals surface area contributed by atoms with E-state index < -0.39 is 5.91 Å². The van der Waals surface area contributed by atoms with Gasteiger partial charge in [0.2, 0.25) is 0 Å². The fraction of sp³-hybridized carbons (Fsp3) is 0.0909. The zero-order valence-electron chi connectivity index (χ0n) is 16.0. The molecule has 0 saturated heterocycles. The molecule has 0 saturated carbocycles. The van der Waals surface area contributed by atoms with E-state index in [1.54, 1.807) is 59.4 Å². The van der Waals surface area contributed by atoms with Crippen LogP contribution in [0, 0.1) is 5.82 Å². The molecule has 2 aromatic heterocycles. The van der Waals surface area contributed by atoms with E-state index in [1.807, 2.05) is 0 Å². The van der Waals surface area contributed by atoms with Crippen LogP contribution in [0.5, 0.6) is 5.75 Å². The molecule has 1 amide bonds. The summed E-state index contributed by atoms with van der Waals surface area (Å²) in [4.78, 5) is 12.5. The first-order valence-corrected chi connectivity index (χ1v) is 10.4. The summed E-state index contributed by atoms with van der Waals surface area (Å²) in [5, 5.41) is 7.68. The maximum absolute atomic E-state index is 13.1. The summed E-state index contributed by atoms with van der Waals surface area (Å²) in [5.41, 5.74) is 0.880. The number of carbonyl (C=O) groups excluding carboxylic acids is 1. The van der Waals surface area contributed by atoms with Crippen molar-refractivity contribution in [1.29, 1.82) is 0 Å². The second-order valence-electron chi connectivity index (χ2n) is 6.61. The van der Waals surface area contributed by atoms with Gasteiger partial charge in [-0.25, -0.2) is 4.39 Å². The third-order valence-corrected chi connectivity index (χ3v) is 5.12. The Labute approximate surface area is 190 Å². The molecule has 158 valence electrons. The van der Waals surface area contributed by atoms with Gasteiger partial charge in [0.1, 0.15) is 23.9 Å². The van der Waals surface area contributed by atoms with Gasteiger partial charge in [0.05, 0.1) is 11.0 Å². The number of carbonyl (C=O) groups is 1. The Morgan fingerprint density at radius 3 is 2.61 bits per heavy atom. The van der Waals surface area contributed by atoms with Gasteiger partial charge in [-0.3, -0.25) is 9.48 Å². The Morgan fingerprint density at radius 1 is 1.13 bits per heavy atom. The van der Waals surface area contributed by atoms with Crippen LogP contribution in [0.1, 0.15) is 21.9 Å². The Balaban J connectivity index is 1.36. The molecule has 6 nitrogen and oxygen atoms in total. The lowest BCUT2D eigenvalue weighted by Gasteiger charge is -2.04. The van der Waals surface area contributed by atoms with E-state index in [-0.39, 0.29) is 18.2 Å². The second-order valence-corrected chi connectivity index (χ2v) is 7.90. The Morgan fingerprint density at radius 2 is 1.87 bits per heavy atom. The van der Waals surface area contributed by atoms with Crippen LogP contribution in [0.25, 0.3) is 0 Å². The van der Waals surface area contributed by atoms with Gasteiger partial charge in [0.25, 0.3) is 5.91 Å². The highest BCUT2D eigenvalue weighted by atomic mass is 79.9. The minimum Gasteiger partial charge on any atom is -0.486 e. The van der Waals surface area contributed by atoms with Gasteiger partial charge in [-0.1, -0.05) is 23.7 Å². The Hall–Kier alpha value is -3.10. The predicted molar refractivity (Wildman–Crippen MR) is 118 cm³/mol. The molecule has 0 radical (unpaired) electrons. The van der Waals surface area contributed by atoms with Crippen molar-refractivity contribution in [1.82, 2.24) is 9.78 Å². The molecule has 0 aliphatic rings. The summed E-state index contributed by atoms with van der Waals surface area (Å²) in [6, 6.07) is 16.3. The summed E-state index contributed by atoms with van der Waals surface area (Å²) in [6.45, 7) is 0.604. The van der Waals surface area contributed by atoms with Crippen LogP contribution < -0.4 is 10.1 Å². The number of amides is 1. The average molecular weight is 505 g/mol. The van der Waals surface area contributed by atoms with Crippen LogP contribution in [0.3, 0.4) is 0 Å². The van der Waals surface area contributed by atoms with Crippen molar-refractivity contribution < 1.29 is 18.3 Å². The molecule has 0 aliphatic carbocycles. The molecule has 9 heteroatoms. The number of aromatic nitrogens is 2. The van der Waals surface area contributed by atoms with Crippen LogP contribution >= 0.6 is 27.5 Å². The average Bonchev–Trinajstić information content (AvgIpc) is 3.36. The van der Waals surface area contributed by atoms with Gasteiger partial charge in [-0.15, -0.1) is 0 Å². The summed E-state index contributed by atoms with van der Waals surface area (Å²) in [5.74, 6) is 0.890. The largest absolute Gasteiger partial charge is 0.486 e. The van der Waals surface area contributed by atoms with E-state index in [9.17, 15) is 9.18 Å². The molecule has 2 heterocycles. The Kier molecular flexibility index (Phi) is 6.39. The molecule has 31 heavy (non-hydrogen) atoms. The topological polar surface area (TPSA) is 69.3 Å². The maximum Gasteiger partial charge on any atom is 0.292 e. The number of ether oxygens (including phenoxy) is 1. The molecule has 0 unspecified atom stereocenters. The van der Waals surface area contributed by atoms with Gasteiger partial charge in [-0.05, 0) is 70.0 Å². The van der Waals surface area contributed by atoms with E-state index in [1.165, 1.54) is 12.1 Å². The SMILES string of the molecule is O=C(Nc1nn(Cc2ccc(F)cc2)cc1Br)c1ccc(COc2ccc(Cl)cc2)o1. The highest BCUT2D eigenvalue weighted by Gasteiger charge is 2.16. The third kappa shape index (κ3) is 5.53. The lowest BCUT2D eigenvalue weighted by molar-refractivity contribution is 0.0992. The van der Waals surface area contributed by atoms with Gasteiger partial charge in [-0.2, -0.15) is 5.10 Å². The highest BCUT2D eigenvalue weighted by molar-refractivity contribution is 9.10. The number of rotatable bonds is 7. The van der Waals surface area contributed by atoms with E-state index in [0.29, 0.717) is 33.4 Å². The number of hydrogen-bond donors (Lipinski definition) is 1. The molecule has 0 spiro atoms. The number of anilines is 1. The van der Waals surface area contributed by atoms with Gasteiger partial charge < -0.3 is 14.5 Å². The quantitative estimate of drug-likeness (QED) is 0.340. The van der Waals surface area contributed by atoms with Gasteiger partial charge in [0.15, 0.2) is 11.6 Å². The van der Waals surface area contributed by atoms with Crippen molar-refractivity contribution in [2.45, 2.75) is 13.2 Å². The number of nitrogens with zero attached hydrogens (tertiary/aromatic N) is 2. The maximum atomic E-state index is 13.1. The normalized spacial score (nSPS) is 10.8. The number of hydrogen-bond acceptors (Lipinski definition) is 4. The summed E-state index contributed by atoms with van der Waals surface area (Å²) >= 11 is 9.24. The van der Waals surface area contributed by atoms with Crippen LogP contribution in [-0.4, -0.2) is 15.7 Å². The minimum atomic E-state index is -0.439. The van der Waals surface area contributed by atoms with Crippen LogP contribution in [0.2, 0.25) is 5.02 Å². The summed E-state index contributed by atoms with van der Waals surface area (Å²) in [6.07, 6.45) is 1.73. The van der Waals surface area contributed by atoms with Crippen molar-refractivity contribution in [2.24, 2.45) is 0 Å². The van der Waals surface area contributed by atoms with E-state index in [0.717, 1.165) is 5.56 Å². The second kappa shape index (κ2) is 9.36. The molecule has 2 aromatic carbocycles. The molecule has 0 aliphatic heterocycles. The van der Waals surface area contributed by atoms with Crippen molar-refractivity contribution in [2.75, 3.05) is 5.32 Å². The number of halogens is 3. The van der Waals surface area contributed by atoms with Gasteiger partial charge >= 0.3 is 0 Å². The molecule has 0 fully saturated rings. The third-order valence-electron chi connectivity index (χ3n) is 4.29. The lowest BCUT2D eigenvalue weighted by atomic mass is 10.2. The first-order valence-electron chi connectivity index (χ1n) is 9.22. The molecule has 1 N–H and O–H groups in total.